The van der Waals surface area contributed by atoms with Crippen molar-refractivity contribution in [2.75, 3.05) is 13.2 Å². The van der Waals surface area contributed by atoms with E-state index in [4.69, 9.17) is 21.7 Å². The van der Waals surface area contributed by atoms with Crippen molar-refractivity contribution in [3.63, 3.8) is 0 Å². The van der Waals surface area contributed by atoms with Crippen molar-refractivity contribution in [1.82, 2.24) is 0 Å². The second-order valence-electron chi connectivity index (χ2n) is 5.21. The van der Waals surface area contributed by atoms with E-state index in [2.05, 4.69) is 0 Å². The van der Waals surface area contributed by atoms with Crippen molar-refractivity contribution in [3.05, 3.63) is 34.4 Å². The van der Waals surface area contributed by atoms with Gasteiger partial charge in [-0.15, -0.1) is 0 Å². The molecule has 0 saturated carbocycles. The molecule has 1 rings (SSSR count). The average Bonchev–Trinajstić information content (AvgIpc) is 2.47. The van der Waals surface area contributed by atoms with Gasteiger partial charge >= 0.3 is 0 Å². The van der Waals surface area contributed by atoms with E-state index in [0.717, 1.165) is 11.1 Å². The summed E-state index contributed by atoms with van der Waals surface area (Å²) in [5.41, 5.74) is 13.1. The van der Waals surface area contributed by atoms with Gasteiger partial charge in [0.2, 0.25) is 11.8 Å². The van der Waals surface area contributed by atoms with E-state index in [-0.39, 0.29) is 13.2 Å². The predicted molar refractivity (Wildman–Crippen MR) is 83.5 cm³/mol. The van der Waals surface area contributed by atoms with Crippen LogP contribution >= 0.6 is 0 Å². The Morgan fingerprint density at radius 1 is 0.773 bits per heavy atom. The van der Waals surface area contributed by atoms with Crippen LogP contribution in [0.3, 0.4) is 0 Å². The molecule has 0 atom stereocenters. The molecule has 0 heterocycles. The zero-order chi connectivity index (χ0) is 16.5. The molecule has 0 bridgehead atoms. The molecule has 6 N–H and O–H groups in total. The Kier molecular flexibility index (Phi) is 7.56. The van der Waals surface area contributed by atoms with Gasteiger partial charge in [0.15, 0.2) is 0 Å². The fourth-order valence-electron chi connectivity index (χ4n) is 2.55. The summed E-state index contributed by atoms with van der Waals surface area (Å²) in [5, 5.41) is 17.8. The van der Waals surface area contributed by atoms with Crippen LogP contribution in [-0.4, -0.2) is 35.2 Å². The van der Waals surface area contributed by atoms with Gasteiger partial charge in [-0.1, -0.05) is 0 Å². The van der Waals surface area contributed by atoms with Gasteiger partial charge in [-0.05, 0) is 61.8 Å². The first kappa shape index (κ1) is 18.1. The van der Waals surface area contributed by atoms with Crippen LogP contribution in [0.25, 0.3) is 0 Å². The highest BCUT2D eigenvalue weighted by Crippen LogP contribution is 2.23. The number of hydrogen-bond acceptors (Lipinski definition) is 4. The number of hydrogen-bond donors (Lipinski definition) is 4. The number of primary amides is 2. The molecule has 122 valence electrons. The quantitative estimate of drug-likeness (QED) is 0.470. The first-order chi connectivity index (χ1) is 10.5. The summed E-state index contributed by atoms with van der Waals surface area (Å²) >= 11 is 0. The lowest BCUT2D eigenvalue weighted by atomic mass is 9.89. The maximum atomic E-state index is 11.6. The van der Waals surface area contributed by atoms with Crippen LogP contribution in [0.2, 0.25) is 0 Å². The maximum Gasteiger partial charge on any atom is 0.248 e. The lowest BCUT2D eigenvalue weighted by Gasteiger charge is -2.16. The highest BCUT2D eigenvalue weighted by atomic mass is 16.3. The Morgan fingerprint density at radius 2 is 1.14 bits per heavy atom. The summed E-state index contributed by atoms with van der Waals surface area (Å²) in [6.07, 6.45) is 3.69. The molecule has 6 heteroatoms. The Bertz CT molecular complexity index is 482. The molecular weight excluding hydrogens is 284 g/mol. The molecule has 0 fully saturated rings. The first-order valence-electron chi connectivity index (χ1n) is 7.49. The van der Waals surface area contributed by atoms with E-state index in [1.54, 1.807) is 0 Å². The van der Waals surface area contributed by atoms with Crippen LogP contribution in [-0.2, 0) is 12.8 Å². The van der Waals surface area contributed by atoms with Crippen LogP contribution in [0, 0.1) is 0 Å². The number of aliphatic hydroxyl groups excluding tert-OH is 2. The van der Waals surface area contributed by atoms with E-state index >= 15 is 0 Å². The fourth-order valence-corrected chi connectivity index (χ4v) is 2.55. The highest BCUT2D eigenvalue weighted by Gasteiger charge is 2.18. The minimum absolute atomic E-state index is 0.0707. The Labute approximate surface area is 130 Å². The van der Waals surface area contributed by atoms with E-state index in [9.17, 15) is 9.59 Å². The van der Waals surface area contributed by atoms with Gasteiger partial charge in [-0.3, -0.25) is 9.59 Å². The van der Waals surface area contributed by atoms with Crippen molar-refractivity contribution in [2.45, 2.75) is 38.5 Å². The van der Waals surface area contributed by atoms with Gasteiger partial charge < -0.3 is 21.7 Å². The number of nitrogens with two attached hydrogens (primary N) is 2. The third kappa shape index (κ3) is 4.82. The minimum Gasteiger partial charge on any atom is -0.396 e. The standard InChI is InChI=1S/C16H24N2O4/c17-15(21)13-7-8-14(16(18)22)12(6-2-4-10-20)11(13)5-1-3-9-19/h7-8,19-20H,1-6,9-10H2,(H2,17,21)(H2,18,22). The molecular formula is C16H24N2O4. The summed E-state index contributed by atoms with van der Waals surface area (Å²) in [4.78, 5) is 23.3. The molecule has 1 aromatic carbocycles. The zero-order valence-electron chi connectivity index (χ0n) is 12.7. The van der Waals surface area contributed by atoms with Gasteiger partial charge in [0.05, 0.1) is 0 Å². The molecule has 0 unspecified atom stereocenters. The summed E-state index contributed by atoms with van der Waals surface area (Å²) < 4.78 is 0. The normalized spacial score (nSPS) is 10.6. The highest BCUT2D eigenvalue weighted by molar-refractivity contribution is 5.99. The van der Waals surface area contributed by atoms with Crippen molar-refractivity contribution >= 4 is 11.8 Å². The average molecular weight is 308 g/mol. The number of amides is 2. The second kappa shape index (κ2) is 9.17. The van der Waals surface area contributed by atoms with E-state index in [1.807, 2.05) is 0 Å². The first-order valence-corrected chi connectivity index (χ1v) is 7.49. The molecule has 2 amide bonds. The van der Waals surface area contributed by atoms with Crippen LogP contribution < -0.4 is 11.5 Å². The number of carbonyl (C=O) groups excluding carboxylic acids is 2. The monoisotopic (exact) mass is 308 g/mol. The summed E-state index contributed by atoms with van der Waals surface area (Å²) in [7, 11) is 0. The molecule has 0 aliphatic rings. The van der Waals surface area contributed by atoms with Crippen molar-refractivity contribution in [1.29, 1.82) is 0 Å². The smallest absolute Gasteiger partial charge is 0.248 e. The van der Waals surface area contributed by atoms with Crippen LogP contribution in [0.5, 0.6) is 0 Å². The minimum atomic E-state index is -0.543. The molecule has 0 aliphatic carbocycles. The SMILES string of the molecule is NC(=O)c1ccc(C(N)=O)c(CCCCO)c1CCCCO. The molecule has 0 spiro atoms. The lowest BCUT2D eigenvalue weighted by molar-refractivity contribution is 0.0986. The van der Waals surface area contributed by atoms with Crippen molar-refractivity contribution in [2.24, 2.45) is 11.5 Å². The van der Waals surface area contributed by atoms with E-state index in [0.29, 0.717) is 49.7 Å². The van der Waals surface area contributed by atoms with E-state index in [1.165, 1.54) is 12.1 Å². The predicted octanol–water partition coefficient (Wildman–Crippen LogP) is 0.514. The maximum absolute atomic E-state index is 11.6. The number of carbonyl (C=O) groups is 2. The van der Waals surface area contributed by atoms with Crippen molar-refractivity contribution < 1.29 is 19.8 Å². The number of unbranched alkanes of at least 4 members (excludes halogenated alkanes) is 2. The van der Waals surface area contributed by atoms with Crippen LogP contribution in [0.15, 0.2) is 12.1 Å². The fraction of sp³-hybridized carbons (Fsp3) is 0.500. The molecule has 6 nitrogen and oxygen atoms in total. The van der Waals surface area contributed by atoms with E-state index < -0.39 is 11.8 Å². The lowest BCUT2D eigenvalue weighted by Crippen LogP contribution is -2.20. The number of aliphatic hydroxyl groups is 2. The molecule has 22 heavy (non-hydrogen) atoms. The van der Waals surface area contributed by atoms with Gasteiger partial charge in [0.1, 0.15) is 0 Å². The van der Waals surface area contributed by atoms with Gasteiger partial charge in [-0.2, -0.15) is 0 Å². The molecule has 1 aromatic rings. The second-order valence-corrected chi connectivity index (χ2v) is 5.21. The van der Waals surface area contributed by atoms with Gasteiger partial charge in [0.25, 0.3) is 0 Å². The van der Waals surface area contributed by atoms with Crippen LogP contribution in [0.1, 0.15) is 57.5 Å². The largest absolute Gasteiger partial charge is 0.396 e. The molecule has 0 radical (unpaired) electrons. The van der Waals surface area contributed by atoms with Crippen LogP contribution in [0.4, 0.5) is 0 Å². The van der Waals surface area contributed by atoms with Gasteiger partial charge in [0, 0.05) is 24.3 Å². The summed E-state index contributed by atoms with van der Waals surface area (Å²) in [5.74, 6) is -1.09. The summed E-state index contributed by atoms with van der Waals surface area (Å²) in [6, 6.07) is 3.07. The molecule has 0 aliphatic heterocycles. The Hall–Kier alpha value is -1.92. The zero-order valence-corrected chi connectivity index (χ0v) is 12.7. The third-order valence-corrected chi connectivity index (χ3v) is 3.63. The topological polar surface area (TPSA) is 127 Å². The number of rotatable bonds is 10. The van der Waals surface area contributed by atoms with Gasteiger partial charge in [-0.25, -0.2) is 0 Å². The summed E-state index contributed by atoms with van der Waals surface area (Å²) in [6.45, 7) is 0.141. The third-order valence-electron chi connectivity index (χ3n) is 3.63. The molecule has 0 saturated heterocycles. The van der Waals surface area contributed by atoms with Crippen molar-refractivity contribution in [3.8, 4) is 0 Å². The Balaban J connectivity index is 3.24. The molecule has 0 aromatic heterocycles. The Morgan fingerprint density at radius 3 is 1.41 bits per heavy atom. The number of benzene rings is 1.